The Hall–Kier alpha value is -2.09. The molecular formula is C17H18O2. The number of hydrogen-bond donors (Lipinski definition) is 0. The molecule has 0 aromatic heterocycles. The smallest absolute Gasteiger partial charge is 0.313 e. The van der Waals surface area contributed by atoms with Crippen molar-refractivity contribution >= 4 is 5.97 Å². The van der Waals surface area contributed by atoms with Gasteiger partial charge in [0.15, 0.2) is 0 Å². The molecular weight excluding hydrogens is 236 g/mol. The summed E-state index contributed by atoms with van der Waals surface area (Å²) in [5.74, 6) is -0.382. The summed E-state index contributed by atoms with van der Waals surface area (Å²) in [6.07, 6.45) is 0. The van der Waals surface area contributed by atoms with E-state index in [1.165, 1.54) is 7.11 Å². The molecule has 2 aromatic carbocycles. The lowest BCUT2D eigenvalue weighted by molar-refractivity contribution is -0.142. The number of ether oxygens (including phenoxy) is 1. The molecule has 2 rings (SSSR count). The van der Waals surface area contributed by atoms with E-state index in [1.807, 2.05) is 60.7 Å². The molecule has 2 atom stereocenters. The predicted octanol–water partition coefficient (Wildman–Crippen LogP) is 3.75. The SMILES string of the molecule is COC(=O)C(c1ccccc1)C(C)c1ccccc1. The molecule has 0 aliphatic carbocycles. The van der Waals surface area contributed by atoms with E-state index in [9.17, 15) is 4.79 Å². The summed E-state index contributed by atoms with van der Waals surface area (Å²) in [5.41, 5.74) is 2.13. The van der Waals surface area contributed by atoms with Crippen molar-refractivity contribution in [2.75, 3.05) is 7.11 Å². The van der Waals surface area contributed by atoms with E-state index in [1.54, 1.807) is 0 Å². The molecule has 2 nitrogen and oxygen atoms in total. The van der Waals surface area contributed by atoms with Gasteiger partial charge in [-0.3, -0.25) is 4.79 Å². The van der Waals surface area contributed by atoms with Crippen LogP contribution in [0.5, 0.6) is 0 Å². The van der Waals surface area contributed by atoms with Crippen LogP contribution in [0.4, 0.5) is 0 Å². The first kappa shape index (κ1) is 13.3. The molecule has 2 heteroatoms. The topological polar surface area (TPSA) is 26.3 Å². The number of esters is 1. The maximum absolute atomic E-state index is 12.1. The number of hydrogen-bond acceptors (Lipinski definition) is 2. The lowest BCUT2D eigenvalue weighted by Gasteiger charge is -2.22. The normalized spacial score (nSPS) is 13.6. The fourth-order valence-corrected chi connectivity index (χ4v) is 2.37. The van der Waals surface area contributed by atoms with Crippen LogP contribution < -0.4 is 0 Å². The third-order valence-electron chi connectivity index (χ3n) is 3.44. The van der Waals surface area contributed by atoms with E-state index < -0.39 is 0 Å². The lowest BCUT2D eigenvalue weighted by Crippen LogP contribution is -2.20. The van der Waals surface area contributed by atoms with E-state index in [-0.39, 0.29) is 17.8 Å². The van der Waals surface area contributed by atoms with Gasteiger partial charge >= 0.3 is 5.97 Å². The first-order chi connectivity index (χ1) is 9.24. The lowest BCUT2D eigenvalue weighted by atomic mass is 9.83. The number of methoxy groups -OCH3 is 1. The summed E-state index contributed by atoms with van der Waals surface area (Å²) in [6, 6.07) is 19.8. The standard InChI is InChI=1S/C17H18O2/c1-13(14-9-5-3-6-10-14)16(17(18)19-2)15-11-7-4-8-12-15/h3-13,16H,1-2H3. The summed E-state index contributed by atoms with van der Waals surface area (Å²) in [4.78, 5) is 12.1. The molecule has 98 valence electrons. The third-order valence-corrected chi connectivity index (χ3v) is 3.44. The fourth-order valence-electron chi connectivity index (χ4n) is 2.37. The highest BCUT2D eigenvalue weighted by Gasteiger charge is 2.28. The first-order valence-corrected chi connectivity index (χ1v) is 6.41. The van der Waals surface area contributed by atoms with Crippen molar-refractivity contribution in [3.63, 3.8) is 0 Å². The molecule has 0 fully saturated rings. The van der Waals surface area contributed by atoms with Gasteiger partial charge in [0.25, 0.3) is 0 Å². The van der Waals surface area contributed by atoms with Gasteiger partial charge in [0, 0.05) is 0 Å². The van der Waals surface area contributed by atoms with Gasteiger partial charge in [-0.1, -0.05) is 67.6 Å². The zero-order chi connectivity index (χ0) is 13.7. The highest BCUT2D eigenvalue weighted by atomic mass is 16.5. The summed E-state index contributed by atoms with van der Waals surface area (Å²) < 4.78 is 4.97. The zero-order valence-corrected chi connectivity index (χ0v) is 11.2. The maximum Gasteiger partial charge on any atom is 0.313 e. The number of benzene rings is 2. The molecule has 2 unspecified atom stereocenters. The van der Waals surface area contributed by atoms with Crippen molar-refractivity contribution in [3.8, 4) is 0 Å². The summed E-state index contributed by atoms with van der Waals surface area (Å²) in [6.45, 7) is 2.06. The van der Waals surface area contributed by atoms with Crippen LogP contribution in [0.25, 0.3) is 0 Å². The van der Waals surface area contributed by atoms with Gasteiger partial charge in [-0.15, -0.1) is 0 Å². The van der Waals surface area contributed by atoms with Crippen LogP contribution in [0.15, 0.2) is 60.7 Å². The average molecular weight is 254 g/mol. The maximum atomic E-state index is 12.1. The molecule has 0 radical (unpaired) electrons. The molecule has 0 N–H and O–H groups in total. The molecule has 0 amide bonds. The van der Waals surface area contributed by atoms with Gasteiger partial charge in [0.05, 0.1) is 13.0 Å². The van der Waals surface area contributed by atoms with E-state index in [0.717, 1.165) is 11.1 Å². The summed E-state index contributed by atoms with van der Waals surface area (Å²) in [5, 5.41) is 0. The van der Waals surface area contributed by atoms with E-state index in [2.05, 4.69) is 6.92 Å². The molecule has 0 bridgehead atoms. The zero-order valence-electron chi connectivity index (χ0n) is 11.2. The van der Waals surface area contributed by atoms with Gasteiger partial charge in [-0.2, -0.15) is 0 Å². The second-order valence-corrected chi connectivity index (χ2v) is 4.61. The van der Waals surface area contributed by atoms with Gasteiger partial charge in [-0.25, -0.2) is 0 Å². The molecule has 0 saturated carbocycles. The number of carbonyl (C=O) groups excluding carboxylic acids is 1. The minimum atomic E-state index is -0.270. The quantitative estimate of drug-likeness (QED) is 0.777. The Kier molecular flexibility index (Phi) is 4.35. The van der Waals surface area contributed by atoms with Crippen molar-refractivity contribution < 1.29 is 9.53 Å². The van der Waals surface area contributed by atoms with Crippen molar-refractivity contribution in [3.05, 3.63) is 71.8 Å². The van der Waals surface area contributed by atoms with Crippen molar-refractivity contribution in [2.45, 2.75) is 18.8 Å². The second kappa shape index (κ2) is 6.19. The van der Waals surface area contributed by atoms with E-state index in [0.29, 0.717) is 0 Å². The first-order valence-electron chi connectivity index (χ1n) is 6.41. The van der Waals surface area contributed by atoms with Crippen LogP contribution in [-0.2, 0) is 9.53 Å². The largest absolute Gasteiger partial charge is 0.469 e. The molecule has 0 spiro atoms. The molecule has 19 heavy (non-hydrogen) atoms. The number of carbonyl (C=O) groups is 1. The average Bonchev–Trinajstić information content (AvgIpc) is 2.49. The fraction of sp³-hybridized carbons (Fsp3) is 0.235. The molecule has 0 aliphatic heterocycles. The summed E-state index contributed by atoms with van der Waals surface area (Å²) in [7, 11) is 1.44. The van der Waals surface area contributed by atoms with Crippen LogP contribution in [0.3, 0.4) is 0 Å². The third kappa shape index (κ3) is 3.02. The predicted molar refractivity (Wildman–Crippen MR) is 76.1 cm³/mol. The van der Waals surface area contributed by atoms with Crippen molar-refractivity contribution in [2.24, 2.45) is 0 Å². The van der Waals surface area contributed by atoms with Gasteiger partial charge in [0.1, 0.15) is 0 Å². The Bertz CT molecular complexity index is 519. The van der Waals surface area contributed by atoms with Gasteiger partial charge in [0.2, 0.25) is 0 Å². The van der Waals surface area contributed by atoms with E-state index in [4.69, 9.17) is 4.74 Å². The molecule has 0 heterocycles. The van der Waals surface area contributed by atoms with Crippen LogP contribution in [0, 0.1) is 0 Å². The van der Waals surface area contributed by atoms with Crippen molar-refractivity contribution in [1.29, 1.82) is 0 Å². The minimum absolute atomic E-state index is 0.0797. The Labute approximate surface area is 114 Å². The number of rotatable bonds is 4. The van der Waals surface area contributed by atoms with Crippen LogP contribution in [-0.4, -0.2) is 13.1 Å². The Morgan fingerprint density at radius 1 is 0.895 bits per heavy atom. The molecule has 2 aromatic rings. The molecule has 0 aliphatic rings. The monoisotopic (exact) mass is 254 g/mol. The Balaban J connectivity index is 2.36. The van der Waals surface area contributed by atoms with Gasteiger partial charge in [-0.05, 0) is 17.0 Å². The second-order valence-electron chi connectivity index (χ2n) is 4.61. The van der Waals surface area contributed by atoms with Gasteiger partial charge < -0.3 is 4.74 Å². The van der Waals surface area contributed by atoms with Crippen LogP contribution in [0.2, 0.25) is 0 Å². The highest BCUT2D eigenvalue weighted by Crippen LogP contribution is 2.33. The van der Waals surface area contributed by atoms with E-state index >= 15 is 0 Å². The van der Waals surface area contributed by atoms with Crippen LogP contribution in [0.1, 0.15) is 29.9 Å². The van der Waals surface area contributed by atoms with Crippen molar-refractivity contribution in [1.82, 2.24) is 0 Å². The summed E-state index contributed by atoms with van der Waals surface area (Å²) >= 11 is 0. The molecule has 0 saturated heterocycles. The van der Waals surface area contributed by atoms with Crippen LogP contribution >= 0.6 is 0 Å². The highest BCUT2D eigenvalue weighted by molar-refractivity contribution is 5.79. The Morgan fingerprint density at radius 2 is 1.37 bits per heavy atom. The minimum Gasteiger partial charge on any atom is -0.469 e. The Morgan fingerprint density at radius 3 is 1.84 bits per heavy atom.